The van der Waals surface area contributed by atoms with E-state index >= 15 is 0 Å². The van der Waals surface area contributed by atoms with Crippen LogP contribution in [0.15, 0.2) is 65.2 Å². The summed E-state index contributed by atoms with van der Waals surface area (Å²) in [6, 6.07) is 12.4. The molecule has 0 unspecified atom stereocenters. The third kappa shape index (κ3) is 7.15. The van der Waals surface area contributed by atoms with Gasteiger partial charge in [0.2, 0.25) is 11.7 Å². The number of amides is 4. The summed E-state index contributed by atoms with van der Waals surface area (Å²) in [4.78, 5) is 82.2. The van der Waals surface area contributed by atoms with Gasteiger partial charge < -0.3 is 25.8 Å². The predicted octanol–water partition coefficient (Wildman–Crippen LogP) is 3.18. The molecule has 2 aromatic heterocycles. The van der Waals surface area contributed by atoms with Gasteiger partial charge in [0.05, 0.1) is 5.69 Å². The van der Waals surface area contributed by atoms with Gasteiger partial charge in [0.1, 0.15) is 27.8 Å². The van der Waals surface area contributed by atoms with Gasteiger partial charge in [0, 0.05) is 31.3 Å². The van der Waals surface area contributed by atoms with Crippen molar-refractivity contribution in [2.45, 2.75) is 58.0 Å². The van der Waals surface area contributed by atoms with E-state index < -0.39 is 35.5 Å². The SMILES string of the molecule is CNC(=O)C(=O)C/C=C(/NC(=O)c1sc(-c2ccccc2)nc1C)C(=O)Nc1cccn(CC(=O)NC2C3CC4CC(C3)CC2C4)c1=O. The van der Waals surface area contributed by atoms with Gasteiger partial charge >= 0.3 is 0 Å². The van der Waals surface area contributed by atoms with Crippen molar-refractivity contribution in [3.05, 3.63) is 81.4 Å². The number of thiazole rings is 1. The smallest absolute Gasteiger partial charge is 0.287 e. The van der Waals surface area contributed by atoms with E-state index in [4.69, 9.17) is 0 Å². The highest BCUT2D eigenvalue weighted by Crippen LogP contribution is 2.53. The van der Waals surface area contributed by atoms with Crippen molar-refractivity contribution in [2.24, 2.45) is 23.7 Å². The zero-order valence-electron chi connectivity index (χ0n) is 26.8. The van der Waals surface area contributed by atoms with Crippen LogP contribution in [0.3, 0.4) is 0 Å². The number of hydrogen-bond acceptors (Lipinski definition) is 8. The maximum atomic E-state index is 13.5. The van der Waals surface area contributed by atoms with Crippen LogP contribution in [-0.4, -0.2) is 52.1 Å². The molecule has 4 aliphatic carbocycles. The Labute approximate surface area is 281 Å². The monoisotopic (exact) mass is 670 g/mol. The molecule has 0 atom stereocenters. The molecule has 0 saturated heterocycles. The lowest BCUT2D eigenvalue weighted by molar-refractivity contribution is -0.137. The summed E-state index contributed by atoms with van der Waals surface area (Å²) in [6.45, 7) is 1.46. The van der Waals surface area contributed by atoms with Gasteiger partial charge in [0.15, 0.2) is 0 Å². The summed E-state index contributed by atoms with van der Waals surface area (Å²) in [6.07, 6.45) is 8.03. The molecule has 4 amide bonds. The normalized spacial score (nSPS) is 22.5. The van der Waals surface area contributed by atoms with Crippen molar-refractivity contribution in [3.8, 4) is 10.6 Å². The first kappa shape index (κ1) is 33.0. The molecule has 2 heterocycles. The van der Waals surface area contributed by atoms with E-state index in [1.165, 1.54) is 36.4 Å². The quantitative estimate of drug-likeness (QED) is 0.180. The molecular weight excluding hydrogens is 632 g/mol. The summed E-state index contributed by atoms with van der Waals surface area (Å²) < 4.78 is 1.23. The largest absolute Gasteiger partial charge is 0.353 e. The van der Waals surface area contributed by atoms with Crippen LogP contribution < -0.4 is 26.8 Å². The Morgan fingerprint density at radius 1 is 0.938 bits per heavy atom. The Morgan fingerprint density at radius 2 is 1.62 bits per heavy atom. The maximum absolute atomic E-state index is 13.5. The van der Waals surface area contributed by atoms with Gasteiger partial charge in [-0.15, -0.1) is 11.3 Å². The highest BCUT2D eigenvalue weighted by atomic mass is 32.1. The van der Waals surface area contributed by atoms with Gasteiger partial charge in [-0.3, -0.25) is 28.8 Å². The number of nitrogens with zero attached hydrogens (tertiary/aromatic N) is 2. The number of anilines is 1. The third-order valence-electron chi connectivity index (χ3n) is 9.62. The van der Waals surface area contributed by atoms with E-state index in [1.54, 1.807) is 6.92 Å². The molecule has 7 rings (SSSR count). The lowest BCUT2D eigenvalue weighted by Crippen LogP contribution is -2.56. The minimum absolute atomic E-state index is 0.122. The minimum Gasteiger partial charge on any atom is -0.353 e. The van der Waals surface area contributed by atoms with Crippen molar-refractivity contribution in [2.75, 3.05) is 12.4 Å². The van der Waals surface area contributed by atoms with Crippen molar-refractivity contribution in [3.63, 3.8) is 0 Å². The number of hydrogen-bond donors (Lipinski definition) is 4. The maximum Gasteiger partial charge on any atom is 0.287 e. The Balaban J connectivity index is 1.16. The average molecular weight is 671 g/mol. The fraction of sp³-hybridized carbons (Fsp3) is 0.400. The molecule has 4 bridgehead atoms. The molecule has 0 radical (unpaired) electrons. The Hall–Kier alpha value is -4.91. The first-order chi connectivity index (χ1) is 23.1. The van der Waals surface area contributed by atoms with Crippen LogP contribution in [0.25, 0.3) is 10.6 Å². The second kappa shape index (κ2) is 14.1. The Bertz CT molecular complexity index is 1820. The summed E-state index contributed by atoms with van der Waals surface area (Å²) in [7, 11) is 1.31. The number of benzene rings is 1. The van der Waals surface area contributed by atoms with Gasteiger partial charge in [-0.1, -0.05) is 30.3 Å². The molecule has 4 aliphatic rings. The van der Waals surface area contributed by atoms with Crippen molar-refractivity contribution < 1.29 is 24.0 Å². The number of allylic oxidation sites excluding steroid dienone is 1. The van der Waals surface area contributed by atoms with E-state index in [9.17, 15) is 28.8 Å². The van der Waals surface area contributed by atoms with Crippen LogP contribution in [0.1, 0.15) is 53.9 Å². The zero-order chi connectivity index (χ0) is 33.9. The van der Waals surface area contributed by atoms with E-state index in [2.05, 4.69) is 26.3 Å². The van der Waals surface area contributed by atoms with Crippen LogP contribution in [0.5, 0.6) is 0 Å². The van der Waals surface area contributed by atoms with Crippen LogP contribution in [-0.2, 0) is 25.7 Å². The highest BCUT2D eigenvalue weighted by molar-refractivity contribution is 7.17. The number of pyridine rings is 1. The van der Waals surface area contributed by atoms with Crippen LogP contribution in [0.2, 0.25) is 0 Å². The second-order valence-corrected chi connectivity index (χ2v) is 13.9. The number of aromatic nitrogens is 2. The van der Waals surface area contributed by atoms with Gasteiger partial charge in [-0.2, -0.15) is 0 Å². The van der Waals surface area contributed by atoms with E-state index in [0.717, 1.165) is 60.5 Å². The number of rotatable bonds is 11. The standard InChI is InChI=1S/C35H38N6O6S/c1-19-30(48-34(37-19)22-7-4-3-5-8-22)33(46)38-25(10-11-27(42)32(45)36-2)31(44)39-26-9-6-12-41(35(26)47)18-28(43)40-29-23-14-20-13-21(16-23)17-24(29)15-20/h3-10,12,20-21,23-24,29H,11,13-18H2,1-2H3,(H,36,45)(H,38,46)(H,39,44)(H,40,43)/b25-10+. The number of carbonyl (C=O) groups is 5. The summed E-state index contributed by atoms with van der Waals surface area (Å²) in [5, 5.41) is 11.1. The molecule has 1 aromatic carbocycles. The Morgan fingerprint density at radius 3 is 2.29 bits per heavy atom. The first-order valence-corrected chi connectivity index (χ1v) is 17.0. The number of aryl methyl sites for hydroxylation is 1. The molecule has 250 valence electrons. The van der Waals surface area contributed by atoms with Crippen LogP contribution in [0.4, 0.5) is 5.69 Å². The molecule has 0 aliphatic heterocycles. The molecule has 0 spiro atoms. The topological polar surface area (TPSA) is 168 Å². The molecule has 48 heavy (non-hydrogen) atoms. The first-order valence-electron chi connectivity index (χ1n) is 16.2. The van der Waals surface area contributed by atoms with Crippen LogP contribution in [0, 0.1) is 30.6 Å². The van der Waals surface area contributed by atoms with Crippen molar-refractivity contribution in [1.29, 1.82) is 0 Å². The molecule has 4 fully saturated rings. The summed E-state index contributed by atoms with van der Waals surface area (Å²) in [5.74, 6) is -0.957. The number of nitrogens with one attached hydrogen (secondary N) is 4. The number of carbonyl (C=O) groups excluding carboxylic acids is 5. The van der Waals surface area contributed by atoms with Gasteiger partial charge in [0.25, 0.3) is 23.3 Å². The predicted molar refractivity (Wildman–Crippen MR) is 180 cm³/mol. The second-order valence-electron chi connectivity index (χ2n) is 12.9. The summed E-state index contributed by atoms with van der Waals surface area (Å²) in [5.41, 5.74) is 0.199. The highest BCUT2D eigenvalue weighted by Gasteiger charge is 2.48. The van der Waals surface area contributed by atoms with Crippen molar-refractivity contribution >= 4 is 46.4 Å². The van der Waals surface area contributed by atoms with Crippen molar-refractivity contribution in [1.82, 2.24) is 25.5 Å². The lowest BCUT2D eigenvalue weighted by Gasteiger charge is -2.54. The number of ketones is 1. The molecular formula is C35H38N6O6S. The van der Waals surface area contributed by atoms with E-state index in [-0.39, 0.29) is 34.8 Å². The van der Waals surface area contributed by atoms with E-state index in [0.29, 0.717) is 22.5 Å². The fourth-order valence-electron chi connectivity index (χ4n) is 7.61. The zero-order valence-corrected chi connectivity index (χ0v) is 27.6. The molecule has 4 N–H and O–H groups in total. The van der Waals surface area contributed by atoms with Crippen LogP contribution >= 0.6 is 11.3 Å². The minimum atomic E-state index is -0.883. The number of likely N-dealkylation sites (N-methyl/N-ethyl adjacent to an activating group) is 1. The van der Waals surface area contributed by atoms with Gasteiger partial charge in [-0.25, -0.2) is 4.98 Å². The fourth-order valence-corrected chi connectivity index (χ4v) is 8.58. The summed E-state index contributed by atoms with van der Waals surface area (Å²) >= 11 is 1.14. The van der Waals surface area contributed by atoms with Gasteiger partial charge in [-0.05, 0) is 80.9 Å². The Kier molecular flexibility index (Phi) is 9.67. The molecule has 13 heteroatoms. The molecule has 3 aromatic rings. The lowest BCUT2D eigenvalue weighted by atomic mass is 9.54. The van der Waals surface area contributed by atoms with E-state index in [1.807, 2.05) is 30.3 Å². The number of Topliss-reactive ketones (excluding diaryl/α,β-unsaturated/α-hetero) is 1. The average Bonchev–Trinajstić information content (AvgIpc) is 3.47. The third-order valence-corrected chi connectivity index (χ3v) is 10.8. The molecule has 4 saturated carbocycles. The molecule has 12 nitrogen and oxygen atoms in total.